The zero-order chi connectivity index (χ0) is 16.8. The molecule has 1 aromatic rings. The topological polar surface area (TPSA) is 72.6 Å². The Morgan fingerprint density at radius 3 is 2.48 bits per heavy atom. The van der Waals surface area contributed by atoms with Gasteiger partial charge in [-0.3, -0.25) is 4.79 Å². The number of nitrogens with two attached hydrogens (primary N) is 1. The molecule has 0 spiro atoms. The van der Waals surface area contributed by atoms with Gasteiger partial charge in [0.15, 0.2) is 17.3 Å². The van der Waals surface area contributed by atoms with Crippen molar-refractivity contribution in [2.45, 2.75) is 43.7 Å². The Hall–Kier alpha value is -1.38. The van der Waals surface area contributed by atoms with E-state index < -0.39 is 40.4 Å². The molecule has 2 unspecified atom stereocenters. The summed E-state index contributed by atoms with van der Waals surface area (Å²) in [6, 6.07) is 3.03. The highest BCUT2D eigenvalue weighted by atomic mass is 35.5. The van der Waals surface area contributed by atoms with Crippen molar-refractivity contribution in [2.24, 2.45) is 5.73 Å². The molecule has 1 saturated carbocycles. The summed E-state index contributed by atoms with van der Waals surface area (Å²) in [5.41, 5.74) is 1.89. The summed E-state index contributed by atoms with van der Waals surface area (Å²) in [5, 5.41) is 10.0. The van der Waals surface area contributed by atoms with Gasteiger partial charge >= 0.3 is 6.36 Å². The molecule has 4 nitrogen and oxygen atoms in total. The summed E-state index contributed by atoms with van der Waals surface area (Å²) >= 11 is 0. The summed E-state index contributed by atoms with van der Waals surface area (Å²) < 4.78 is 54.7. The first kappa shape index (κ1) is 19.7. The summed E-state index contributed by atoms with van der Waals surface area (Å²) in [5.74, 6) is -3.24. The fraction of sp³-hybridized carbons (Fsp3) is 0.500. The number of halogens is 5. The van der Waals surface area contributed by atoms with Crippen molar-refractivity contribution in [3.05, 3.63) is 29.6 Å². The van der Waals surface area contributed by atoms with Crippen molar-refractivity contribution < 1.29 is 32.2 Å². The summed E-state index contributed by atoms with van der Waals surface area (Å²) in [6.45, 7) is 1.25. The molecule has 1 fully saturated rings. The fourth-order valence-corrected chi connectivity index (χ4v) is 2.73. The summed E-state index contributed by atoms with van der Waals surface area (Å²) in [7, 11) is 0. The van der Waals surface area contributed by atoms with Crippen LogP contribution in [0.15, 0.2) is 18.2 Å². The Balaban J connectivity index is 0.00000264. The van der Waals surface area contributed by atoms with Crippen molar-refractivity contribution in [1.82, 2.24) is 0 Å². The molecule has 0 saturated heterocycles. The first-order valence-electron chi connectivity index (χ1n) is 6.58. The second-order valence-electron chi connectivity index (χ2n) is 5.59. The third-order valence-corrected chi connectivity index (χ3v) is 3.80. The van der Waals surface area contributed by atoms with Crippen LogP contribution in [0.4, 0.5) is 17.6 Å². The Bertz CT molecular complexity index is 606. The maximum Gasteiger partial charge on any atom is 0.573 e. The lowest BCUT2D eigenvalue weighted by Crippen LogP contribution is -2.58. The maximum atomic E-state index is 14.3. The van der Waals surface area contributed by atoms with Gasteiger partial charge in [-0.25, -0.2) is 4.39 Å². The highest BCUT2D eigenvalue weighted by Crippen LogP contribution is 2.40. The molecule has 2 rings (SSSR count). The van der Waals surface area contributed by atoms with E-state index >= 15 is 0 Å². The molecule has 1 aliphatic carbocycles. The lowest BCUT2D eigenvalue weighted by Gasteiger charge is -2.40. The van der Waals surface area contributed by atoms with Gasteiger partial charge in [0, 0.05) is 5.56 Å². The van der Waals surface area contributed by atoms with Gasteiger partial charge in [-0.1, -0.05) is 12.1 Å². The van der Waals surface area contributed by atoms with Gasteiger partial charge in [0.2, 0.25) is 0 Å². The monoisotopic (exact) mass is 357 g/mol. The fourth-order valence-electron chi connectivity index (χ4n) is 2.73. The maximum absolute atomic E-state index is 14.3. The second-order valence-corrected chi connectivity index (χ2v) is 5.59. The van der Waals surface area contributed by atoms with Gasteiger partial charge < -0.3 is 15.6 Å². The number of rotatable bonds is 2. The third kappa shape index (κ3) is 3.76. The molecule has 0 aliphatic heterocycles. The SMILES string of the molecule is CC1(O)CCCC(N)(c2cccc(OC(F)(F)F)c2F)C1=O.Cl. The van der Waals surface area contributed by atoms with E-state index in [1.165, 1.54) is 6.92 Å². The van der Waals surface area contributed by atoms with Crippen LogP contribution in [0.2, 0.25) is 0 Å². The number of ether oxygens (including phenoxy) is 1. The zero-order valence-corrected chi connectivity index (χ0v) is 12.9. The number of benzene rings is 1. The zero-order valence-electron chi connectivity index (χ0n) is 12.1. The molecule has 1 aromatic carbocycles. The molecule has 9 heteroatoms. The minimum absolute atomic E-state index is 0. The van der Waals surface area contributed by atoms with Crippen LogP contribution in [0, 0.1) is 5.82 Å². The highest BCUT2D eigenvalue weighted by Gasteiger charge is 2.50. The molecule has 0 radical (unpaired) electrons. The molecule has 0 heterocycles. The normalized spacial score (nSPS) is 28.2. The molecular formula is C14H16ClF4NO3. The van der Waals surface area contributed by atoms with Crippen molar-refractivity contribution in [3.63, 3.8) is 0 Å². The molecule has 2 atom stereocenters. The van der Waals surface area contributed by atoms with Gasteiger partial charge in [-0.05, 0) is 32.3 Å². The average molecular weight is 358 g/mol. The molecule has 23 heavy (non-hydrogen) atoms. The Morgan fingerprint density at radius 1 is 1.30 bits per heavy atom. The molecule has 3 N–H and O–H groups in total. The standard InChI is InChI=1S/C14H15F4NO3.ClH/c1-12(21)6-3-7-13(19,11(12)20)8-4-2-5-9(10(8)15)22-14(16,17)18;/h2,4-5,21H,3,6-7,19H2,1H3;1H. The predicted molar refractivity (Wildman–Crippen MR) is 75.7 cm³/mol. The van der Waals surface area contributed by atoms with Crippen LogP contribution in [0.25, 0.3) is 0 Å². The van der Waals surface area contributed by atoms with Crippen LogP contribution in [0.3, 0.4) is 0 Å². The molecule has 1 aliphatic rings. The second kappa shape index (κ2) is 6.26. The first-order chi connectivity index (χ1) is 9.97. The van der Waals surface area contributed by atoms with Crippen molar-refractivity contribution in [3.8, 4) is 5.75 Å². The van der Waals surface area contributed by atoms with E-state index in [1.54, 1.807) is 0 Å². The van der Waals surface area contributed by atoms with E-state index in [2.05, 4.69) is 4.74 Å². The van der Waals surface area contributed by atoms with Gasteiger partial charge in [0.1, 0.15) is 11.1 Å². The highest BCUT2D eigenvalue weighted by molar-refractivity contribution is 5.96. The molecular weight excluding hydrogens is 342 g/mol. The van der Waals surface area contributed by atoms with Crippen LogP contribution in [-0.2, 0) is 10.3 Å². The van der Waals surface area contributed by atoms with Crippen LogP contribution in [-0.4, -0.2) is 22.9 Å². The number of hydrogen-bond acceptors (Lipinski definition) is 4. The largest absolute Gasteiger partial charge is 0.573 e. The Morgan fingerprint density at radius 2 is 1.91 bits per heavy atom. The number of alkyl halides is 3. The molecule has 130 valence electrons. The number of Topliss-reactive ketones (excluding diaryl/α,β-unsaturated/α-hetero) is 1. The van der Waals surface area contributed by atoms with E-state index in [1.807, 2.05) is 0 Å². The number of carbonyl (C=O) groups is 1. The Labute approximate surface area is 136 Å². The molecule has 0 amide bonds. The number of carbonyl (C=O) groups excluding carboxylic acids is 1. The number of hydrogen-bond donors (Lipinski definition) is 2. The number of aliphatic hydroxyl groups is 1. The molecule has 0 bridgehead atoms. The van der Waals surface area contributed by atoms with E-state index in [-0.39, 0.29) is 25.2 Å². The lowest BCUT2D eigenvalue weighted by molar-refractivity contribution is -0.275. The van der Waals surface area contributed by atoms with Gasteiger partial charge in [-0.15, -0.1) is 25.6 Å². The van der Waals surface area contributed by atoms with Crippen molar-refractivity contribution >= 4 is 18.2 Å². The van der Waals surface area contributed by atoms with Crippen LogP contribution < -0.4 is 10.5 Å². The average Bonchev–Trinajstić information content (AvgIpc) is 2.37. The number of ketones is 1. The van der Waals surface area contributed by atoms with Crippen LogP contribution >= 0.6 is 12.4 Å². The summed E-state index contributed by atoms with van der Waals surface area (Å²) in [4.78, 5) is 12.3. The summed E-state index contributed by atoms with van der Waals surface area (Å²) in [6.07, 6.45) is -4.55. The smallest absolute Gasteiger partial charge is 0.403 e. The van der Waals surface area contributed by atoms with Crippen molar-refractivity contribution in [2.75, 3.05) is 0 Å². The van der Waals surface area contributed by atoms with Crippen LogP contribution in [0.5, 0.6) is 5.75 Å². The van der Waals surface area contributed by atoms with Gasteiger partial charge in [0.25, 0.3) is 0 Å². The van der Waals surface area contributed by atoms with E-state index in [0.29, 0.717) is 6.42 Å². The first-order valence-corrected chi connectivity index (χ1v) is 6.58. The van der Waals surface area contributed by atoms with Gasteiger partial charge in [0.05, 0.1) is 0 Å². The minimum Gasteiger partial charge on any atom is -0.403 e. The molecule has 0 aromatic heterocycles. The van der Waals surface area contributed by atoms with E-state index in [0.717, 1.165) is 18.2 Å². The quantitative estimate of drug-likeness (QED) is 0.798. The predicted octanol–water partition coefficient (Wildman–Crippen LogP) is 2.80. The van der Waals surface area contributed by atoms with E-state index in [9.17, 15) is 27.5 Å². The van der Waals surface area contributed by atoms with E-state index in [4.69, 9.17) is 5.73 Å². The third-order valence-electron chi connectivity index (χ3n) is 3.80. The van der Waals surface area contributed by atoms with Gasteiger partial charge in [-0.2, -0.15) is 0 Å². The van der Waals surface area contributed by atoms with Crippen LogP contribution in [0.1, 0.15) is 31.7 Å². The lowest BCUT2D eigenvalue weighted by atomic mass is 9.69. The van der Waals surface area contributed by atoms with Crippen molar-refractivity contribution in [1.29, 1.82) is 0 Å². The Kier molecular flexibility index (Phi) is 5.35. The minimum atomic E-state index is -5.07.